The number of carbonyl (C=O) groups is 2. The molecule has 0 aromatic heterocycles. The van der Waals surface area contributed by atoms with Gasteiger partial charge in [0.1, 0.15) is 6.04 Å². The van der Waals surface area contributed by atoms with Crippen LogP contribution in [0.2, 0.25) is 0 Å². The van der Waals surface area contributed by atoms with E-state index >= 15 is 0 Å². The molecule has 8 heteroatoms. The molecule has 5 N–H and O–H groups in total. The van der Waals surface area contributed by atoms with Crippen LogP contribution in [0.25, 0.3) is 0 Å². The molecule has 0 aliphatic carbocycles. The Morgan fingerprint density at radius 1 is 1.25 bits per heavy atom. The number of likely N-dealkylation sites (tertiary alicyclic amines) is 1. The number of aliphatic hydroxyl groups is 1. The van der Waals surface area contributed by atoms with Gasteiger partial charge in [-0.2, -0.15) is 0 Å². The van der Waals surface area contributed by atoms with E-state index < -0.39 is 6.04 Å². The molecule has 130 valence electrons. The van der Waals surface area contributed by atoms with Crippen LogP contribution in [0.3, 0.4) is 0 Å². The third-order valence-corrected chi connectivity index (χ3v) is 4.04. The average molecular weight is 334 g/mol. The molecular weight excluding hydrogens is 312 g/mol. The van der Waals surface area contributed by atoms with E-state index in [-0.39, 0.29) is 23.8 Å². The van der Waals surface area contributed by atoms with Crippen LogP contribution in [-0.4, -0.2) is 58.1 Å². The van der Waals surface area contributed by atoms with Crippen molar-refractivity contribution in [2.75, 3.05) is 13.1 Å². The lowest BCUT2D eigenvalue weighted by molar-refractivity contribution is -0.134. The van der Waals surface area contributed by atoms with Crippen LogP contribution in [-0.2, 0) is 4.79 Å². The summed E-state index contributed by atoms with van der Waals surface area (Å²) in [4.78, 5) is 26.2. The Kier molecular flexibility index (Phi) is 5.75. The van der Waals surface area contributed by atoms with E-state index in [1.54, 1.807) is 24.0 Å². The number of nitrogens with two attached hydrogens (primary N) is 1. The zero-order chi connectivity index (χ0) is 17.7. The Balaban J connectivity index is 1.94. The fourth-order valence-corrected chi connectivity index (χ4v) is 2.55. The minimum Gasteiger partial charge on any atom is -0.409 e. The summed E-state index contributed by atoms with van der Waals surface area (Å²) < 4.78 is 0. The van der Waals surface area contributed by atoms with Crippen molar-refractivity contribution in [1.29, 1.82) is 0 Å². The van der Waals surface area contributed by atoms with E-state index in [9.17, 15) is 14.7 Å². The highest BCUT2D eigenvalue weighted by Gasteiger charge is 2.26. The van der Waals surface area contributed by atoms with Gasteiger partial charge >= 0.3 is 0 Å². The molecule has 1 fully saturated rings. The average Bonchev–Trinajstić information content (AvgIpc) is 2.61. The van der Waals surface area contributed by atoms with E-state index in [0.717, 1.165) is 0 Å². The molecule has 2 rings (SSSR count). The van der Waals surface area contributed by atoms with Crippen molar-refractivity contribution >= 4 is 17.6 Å². The number of hydrogen-bond acceptors (Lipinski definition) is 5. The van der Waals surface area contributed by atoms with Gasteiger partial charge in [-0.15, -0.1) is 0 Å². The maximum Gasteiger partial charge on any atom is 0.251 e. The molecule has 8 nitrogen and oxygen atoms in total. The van der Waals surface area contributed by atoms with Crippen molar-refractivity contribution in [1.82, 2.24) is 10.2 Å². The lowest BCUT2D eigenvalue weighted by atomic mass is 10.1. The summed E-state index contributed by atoms with van der Waals surface area (Å²) in [5.41, 5.74) is 6.33. The number of oxime groups is 1. The Bertz CT molecular complexity index is 621. The van der Waals surface area contributed by atoms with Gasteiger partial charge in [0.15, 0.2) is 5.84 Å². The number of rotatable bonds is 4. The van der Waals surface area contributed by atoms with E-state index in [1.165, 1.54) is 12.1 Å². The minimum absolute atomic E-state index is 0.0437. The maximum absolute atomic E-state index is 12.3. The molecule has 0 radical (unpaired) electrons. The first-order valence-corrected chi connectivity index (χ1v) is 7.78. The molecule has 1 heterocycles. The smallest absolute Gasteiger partial charge is 0.251 e. The number of amidine groups is 1. The van der Waals surface area contributed by atoms with Gasteiger partial charge in [0, 0.05) is 24.2 Å². The third-order valence-electron chi connectivity index (χ3n) is 4.04. The van der Waals surface area contributed by atoms with E-state index in [2.05, 4.69) is 10.5 Å². The SMILES string of the molecule is CC(NC(=O)c1ccc(/C(N)=N\O)cc1)C(=O)N1CCC(O)CC1. The van der Waals surface area contributed by atoms with Crippen LogP contribution >= 0.6 is 0 Å². The first-order chi connectivity index (χ1) is 11.4. The van der Waals surface area contributed by atoms with Crippen molar-refractivity contribution in [3.05, 3.63) is 35.4 Å². The molecule has 1 saturated heterocycles. The number of hydrogen-bond donors (Lipinski definition) is 4. The van der Waals surface area contributed by atoms with Gasteiger partial charge in [0.2, 0.25) is 5.91 Å². The highest BCUT2D eigenvalue weighted by Crippen LogP contribution is 2.11. The monoisotopic (exact) mass is 334 g/mol. The Morgan fingerprint density at radius 2 is 1.79 bits per heavy atom. The fraction of sp³-hybridized carbons (Fsp3) is 0.438. The van der Waals surface area contributed by atoms with Crippen molar-refractivity contribution in [3.63, 3.8) is 0 Å². The van der Waals surface area contributed by atoms with Crippen molar-refractivity contribution in [2.24, 2.45) is 10.9 Å². The molecule has 1 aromatic carbocycles. The Hall–Kier alpha value is -2.61. The van der Waals surface area contributed by atoms with Crippen LogP contribution in [0.5, 0.6) is 0 Å². The molecular formula is C16H22N4O4. The molecule has 0 saturated carbocycles. The van der Waals surface area contributed by atoms with Gasteiger partial charge in [-0.3, -0.25) is 9.59 Å². The van der Waals surface area contributed by atoms with Crippen molar-refractivity contribution in [2.45, 2.75) is 31.9 Å². The molecule has 2 amide bonds. The number of piperidine rings is 1. The van der Waals surface area contributed by atoms with Crippen molar-refractivity contribution < 1.29 is 19.9 Å². The molecule has 1 aliphatic heterocycles. The largest absolute Gasteiger partial charge is 0.409 e. The molecule has 0 spiro atoms. The van der Waals surface area contributed by atoms with Gasteiger partial charge in [-0.25, -0.2) is 0 Å². The Labute approximate surface area is 139 Å². The van der Waals surface area contributed by atoms with E-state index in [1.807, 2.05) is 0 Å². The lowest BCUT2D eigenvalue weighted by Crippen LogP contribution is -2.50. The summed E-state index contributed by atoms with van der Waals surface area (Å²) in [7, 11) is 0. The fourth-order valence-electron chi connectivity index (χ4n) is 2.55. The summed E-state index contributed by atoms with van der Waals surface area (Å²) in [6.07, 6.45) is 0.760. The number of amides is 2. The quantitative estimate of drug-likeness (QED) is 0.264. The van der Waals surface area contributed by atoms with Gasteiger partial charge < -0.3 is 26.3 Å². The standard InChI is InChI=1S/C16H22N4O4/c1-10(16(23)20-8-6-13(21)7-9-20)18-15(22)12-4-2-11(3-5-12)14(17)19-24/h2-5,10,13,21,24H,6-9H2,1H3,(H2,17,19)(H,18,22). The number of nitrogens with one attached hydrogen (secondary N) is 1. The summed E-state index contributed by atoms with van der Waals surface area (Å²) in [5.74, 6) is -0.583. The first kappa shape index (κ1) is 17.7. The normalized spacial score (nSPS) is 17.4. The second-order valence-corrected chi connectivity index (χ2v) is 5.81. The minimum atomic E-state index is -0.656. The summed E-state index contributed by atoms with van der Waals surface area (Å²) in [5, 5.41) is 23.6. The zero-order valence-corrected chi connectivity index (χ0v) is 13.5. The molecule has 1 atom stereocenters. The molecule has 24 heavy (non-hydrogen) atoms. The summed E-state index contributed by atoms with van der Waals surface area (Å²) in [6, 6.07) is 5.54. The van der Waals surface area contributed by atoms with Crippen LogP contribution in [0.15, 0.2) is 29.4 Å². The van der Waals surface area contributed by atoms with E-state index in [4.69, 9.17) is 10.9 Å². The van der Waals surface area contributed by atoms with E-state index in [0.29, 0.717) is 37.1 Å². The molecule has 0 bridgehead atoms. The summed E-state index contributed by atoms with van der Waals surface area (Å²) in [6.45, 7) is 2.62. The topological polar surface area (TPSA) is 128 Å². The third kappa shape index (κ3) is 4.23. The van der Waals surface area contributed by atoms with Gasteiger partial charge in [-0.05, 0) is 31.9 Å². The number of aliphatic hydroxyl groups excluding tert-OH is 1. The molecule has 1 aliphatic rings. The highest BCUT2D eigenvalue weighted by molar-refractivity contribution is 6.00. The zero-order valence-electron chi connectivity index (χ0n) is 13.5. The second-order valence-electron chi connectivity index (χ2n) is 5.81. The maximum atomic E-state index is 12.3. The summed E-state index contributed by atoms with van der Waals surface area (Å²) >= 11 is 0. The Morgan fingerprint density at radius 3 is 2.33 bits per heavy atom. The second kappa shape index (κ2) is 7.78. The van der Waals surface area contributed by atoms with Crippen LogP contribution in [0.1, 0.15) is 35.7 Å². The predicted octanol–water partition coefficient (Wildman–Crippen LogP) is -0.117. The predicted molar refractivity (Wildman–Crippen MR) is 87.7 cm³/mol. The first-order valence-electron chi connectivity index (χ1n) is 7.78. The van der Waals surface area contributed by atoms with Crippen LogP contribution in [0, 0.1) is 0 Å². The lowest BCUT2D eigenvalue weighted by Gasteiger charge is -2.31. The van der Waals surface area contributed by atoms with Gasteiger partial charge in [0.05, 0.1) is 6.10 Å². The van der Waals surface area contributed by atoms with Gasteiger partial charge in [-0.1, -0.05) is 17.3 Å². The molecule has 1 unspecified atom stereocenters. The van der Waals surface area contributed by atoms with Crippen LogP contribution in [0.4, 0.5) is 0 Å². The molecule has 1 aromatic rings. The highest BCUT2D eigenvalue weighted by atomic mass is 16.4. The number of benzene rings is 1. The van der Waals surface area contributed by atoms with Gasteiger partial charge in [0.25, 0.3) is 5.91 Å². The number of carbonyl (C=O) groups excluding carboxylic acids is 2. The van der Waals surface area contributed by atoms with Crippen molar-refractivity contribution in [3.8, 4) is 0 Å². The number of nitrogens with zero attached hydrogens (tertiary/aromatic N) is 2. The van der Waals surface area contributed by atoms with Crippen LogP contribution < -0.4 is 11.1 Å².